The van der Waals surface area contributed by atoms with Gasteiger partial charge in [-0.05, 0) is 30.2 Å². The molecule has 1 atom stereocenters. The quantitative estimate of drug-likeness (QED) is 0.621. The molecule has 0 amide bonds. The van der Waals surface area contributed by atoms with E-state index in [0.29, 0.717) is 6.54 Å². The highest BCUT2D eigenvalue weighted by atomic mass is 16.5. The third kappa shape index (κ3) is 2.19. The van der Waals surface area contributed by atoms with E-state index >= 15 is 0 Å². The Morgan fingerprint density at radius 3 is 2.73 bits per heavy atom. The summed E-state index contributed by atoms with van der Waals surface area (Å²) in [4.78, 5) is 28.1. The van der Waals surface area contributed by atoms with Crippen LogP contribution in [0, 0.1) is 0 Å². The molecule has 0 bridgehead atoms. The van der Waals surface area contributed by atoms with Gasteiger partial charge in [0, 0.05) is 37.2 Å². The van der Waals surface area contributed by atoms with Crippen molar-refractivity contribution < 1.29 is 9.84 Å². The summed E-state index contributed by atoms with van der Waals surface area (Å²) in [6, 6.07) is 5.24. The molecule has 2 aromatic heterocycles. The van der Waals surface area contributed by atoms with Crippen molar-refractivity contribution in [2.75, 3.05) is 13.7 Å². The van der Waals surface area contributed by atoms with E-state index in [1.165, 1.54) is 14.1 Å². The lowest BCUT2D eigenvalue weighted by Crippen LogP contribution is -2.42. The van der Waals surface area contributed by atoms with E-state index in [1.54, 1.807) is 7.11 Å². The Morgan fingerprint density at radius 2 is 2.00 bits per heavy atom. The molecule has 8 nitrogen and oxygen atoms in total. The van der Waals surface area contributed by atoms with Crippen molar-refractivity contribution in [3.63, 3.8) is 0 Å². The fourth-order valence-corrected chi connectivity index (χ4v) is 3.69. The van der Waals surface area contributed by atoms with E-state index in [-0.39, 0.29) is 11.4 Å². The lowest BCUT2D eigenvalue weighted by molar-refractivity contribution is 0.390. The molecule has 3 heterocycles. The van der Waals surface area contributed by atoms with Gasteiger partial charge in [-0.25, -0.2) is 4.79 Å². The monoisotopic (exact) mass is 356 g/mol. The molecule has 26 heavy (non-hydrogen) atoms. The minimum atomic E-state index is -0.561. The van der Waals surface area contributed by atoms with Gasteiger partial charge in [-0.3, -0.25) is 13.9 Å². The van der Waals surface area contributed by atoms with Crippen LogP contribution in [-0.2, 0) is 20.5 Å². The Bertz CT molecular complexity index is 1140. The van der Waals surface area contributed by atoms with Crippen molar-refractivity contribution in [1.82, 2.24) is 19.4 Å². The summed E-state index contributed by atoms with van der Waals surface area (Å²) in [5.74, 6) is 0.440. The Morgan fingerprint density at radius 1 is 1.23 bits per heavy atom. The number of ether oxygens (including phenoxy) is 1. The highest BCUT2D eigenvalue weighted by molar-refractivity contribution is 5.86. The standard InChI is InChI=1S/C18H20N4O4/c1-21-16(23)13(17(24)22(2)18(21)25)15-14-10(6-7-19-15)11-8-9(26-3)4-5-12(11)20-14/h4-5,8,15,19-20,23H,6-7H2,1-3H3. The Balaban J connectivity index is 1.98. The van der Waals surface area contributed by atoms with Crippen molar-refractivity contribution in [3.8, 4) is 11.6 Å². The zero-order valence-corrected chi connectivity index (χ0v) is 14.8. The highest BCUT2D eigenvalue weighted by Crippen LogP contribution is 2.35. The number of nitrogens with zero attached hydrogens (tertiary/aromatic N) is 2. The normalized spacial score (nSPS) is 16.7. The molecule has 8 heteroatoms. The van der Waals surface area contributed by atoms with Gasteiger partial charge in [-0.15, -0.1) is 0 Å². The molecule has 1 aliphatic heterocycles. The second-order valence-electron chi connectivity index (χ2n) is 6.51. The molecule has 1 unspecified atom stereocenters. The van der Waals surface area contributed by atoms with Crippen LogP contribution in [0.5, 0.6) is 11.6 Å². The first-order chi connectivity index (χ1) is 12.4. The van der Waals surface area contributed by atoms with E-state index in [0.717, 1.165) is 43.5 Å². The predicted octanol–water partition coefficient (Wildman–Crippen LogP) is 0.515. The maximum Gasteiger partial charge on any atom is 0.333 e. The molecular formula is C18H20N4O4. The Hall–Kier alpha value is -3.00. The zero-order valence-electron chi connectivity index (χ0n) is 14.8. The van der Waals surface area contributed by atoms with E-state index in [2.05, 4.69) is 10.3 Å². The van der Waals surface area contributed by atoms with Crippen LogP contribution >= 0.6 is 0 Å². The number of methoxy groups -OCH3 is 1. The molecule has 3 N–H and O–H groups in total. The van der Waals surface area contributed by atoms with Crippen LogP contribution in [0.15, 0.2) is 27.8 Å². The number of rotatable bonds is 2. The van der Waals surface area contributed by atoms with Crippen LogP contribution in [0.3, 0.4) is 0 Å². The van der Waals surface area contributed by atoms with Crippen molar-refractivity contribution in [2.45, 2.75) is 12.5 Å². The van der Waals surface area contributed by atoms with Crippen LogP contribution in [0.2, 0.25) is 0 Å². The van der Waals surface area contributed by atoms with E-state index in [4.69, 9.17) is 4.74 Å². The molecule has 136 valence electrons. The fourth-order valence-electron chi connectivity index (χ4n) is 3.69. The van der Waals surface area contributed by atoms with Crippen molar-refractivity contribution in [1.29, 1.82) is 0 Å². The third-order valence-electron chi connectivity index (χ3n) is 5.11. The van der Waals surface area contributed by atoms with E-state index in [9.17, 15) is 14.7 Å². The molecule has 1 aliphatic rings. The smallest absolute Gasteiger partial charge is 0.333 e. The van der Waals surface area contributed by atoms with Crippen LogP contribution in [-0.4, -0.2) is 32.9 Å². The number of benzene rings is 1. The lowest BCUT2D eigenvalue weighted by Gasteiger charge is -2.25. The van der Waals surface area contributed by atoms with Crippen molar-refractivity contribution in [2.24, 2.45) is 14.1 Å². The first kappa shape index (κ1) is 16.5. The van der Waals surface area contributed by atoms with Crippen molar-refractivity contribution >= 4 is 10.9 Å². The number of aromatic amines is 1. The number of fused-ring (bicyclic) bond motifs is 3. The first-order valence-electron chi connectivity index (χ1n) is 8.34. The van der Waals surface area contributed by atoms with Gasteiger partial charge in [0.15, 0.2) is 0 Å². The largest absolute Gasteiger partial charge is 0.497 e. The highest BCUT2D eigenvalue weighted by Gasteiger charge is 2.31. The molecule has 0 spiro atoms. The van der Waals surface area contributed by atoms with E-state index < -0.39 is 17.3 Å². The maximum absolute atomic E-state index is 12.7. The molecule has 0 fully saturated rings. The molecule has 0 saturated heterocycles. The number of nitrogens with one attached hydrogen (secondary N) is 2. The summed E-state index contributed by atoms with van der Waals surface area (Å²) in [6.07, 6.45) is 0.784. The van der Waals surface area contributed by atoms with Gasteiger partial charge in [0.1, 0.15) is 11.3 Å². The Labute approximate surface area is 148 Å². The minimum Gasteiger partial charge on any atom is -0.497 e. The molecule has 1 aromatic carbocycles. The van der Waals surface area contributed by atoms with Crippen LogP contribution in [0.4, 0.5) is 0 Å². The Kier molecular flexibility index (Phi) is 3.66. The molecule has 3 aromatic rings. The third-order valence-corrected chi connectivity index (χ3v) is 5.11. The molecule has 4 rings (SSSR count). The number of H-pyrrole nitrogens is 1. The van der Waals surface area contributed by atoms with Crippen LogP contribution in [0.25, 0.3) is 10.9 Å². The van der Waals surface area contributed by atoms with Gasteiger partial charge in [0.2, 0.25) is 5.88 Å². The van der Waals surface area contributed by atoms with E-state index in [1.807, 2.05) is 18.2 Å². The molecule has 0 radical (unpaired) electrons. The van der Waals surface area contributed by atoms with Crippen LogP contribution < -0.4 is 21.3 Å². The minimum absolute atomic E-state index is 0.161. The summed E-state index contributed by atoms with van der Waals surface area (Å²) in [7, 11) is 4.48. The van der Waals surface area contributed by atoms with Gasteiger partial charge in [-0.1, -0.05) is 0 Å². The molecule has 0 saturated carbocycles. The SMILES string of the molecule is COc1ccc2[nH]c3c(c2c1)CCNC3c1c(O)n(C)c(=O)n(C)c1=O. The number of hydrogen-bond donors (Lipinski definition) is 3. The maximum atomic E-state index is 12.7. The zero-order chi connectivity index (χ0) is 18.6. The average molecular weight is 356 g/mol. The second kappa shape index (κ2) is 5.77. The van der Waals surface area contributed by atoms with Gasteiger partial charge in [0.25, 0.3) is 5.56 Å². The van der Waals surface area contributed by atoms with Gasteiger partial charge < -0.3 is 20.1 Å². The van der Waals surface area contributed by atoms with Gasteiger partial charge in [-0.2, -0.15) is 0 Å². The van der Waals surface area contributed by atoms with Gasteiger partial charge >= 0.3 is 5.69 Å². The van der Waals surface area contributed by atoms with Crippen molar-refractivity contribution in [3.05, 3.63) is 55.9 Å². The fraction of sp³-hybridized carbons (Fsp3) is 0.333. The number of hydrogen-bond acceptors (Lipinski definition) is 5. The summed E-state index contributed by atoms with van der Waals surface area (Å²) in [5, 5.41) is 14.8. The predicted molar refractivity (Wildman–Crippen MR) is 97.0 cm³/mol. The summed E-state index contributed by atoms with van der Waals surface area (Å²) in [6.45, 7) is 0.646. The molecular weight excluding hydrogens is 336 g/mol. The average Bonchev–Trinajstić information content (AvgIpc) is 3.03. The van der Waals surface area contributed by atoms with Crippen LogP contribution in [0.1, 0.15) is 22.9 Å². The second-order valence-corrected chi connectivity index (χ2v) is 6.51. The number of aromatic nitrogens is 3. The lowest BCUT2D eigenvalue weighted by atomic mass is 9.95. The summed E-state index contributed by atoms with van der Waals surface area (Å²) >= 11 is 0. The summed E-state index contributed by atoms with van der Waals surface area (Å²) < 4.78 is 7.41. The topological polar surface area (TPSA) is 101 Å². The number of aromatic hydroxyl groups is 1. The first-order valence-corrected chi connectivity index (χ1v) is 8.34. The van der Waals surface area contributed by atoms with Gasteiger partial charge in [0.05, 0.1) is 13.2 Å². The summed E-state index contributed by atoms with van der Waals surface area (Å²) in [5.41, 5.74) is 1.93. The molecule has 0 aliphatic carbocycles.